The van der Waals surface area contributed by atoms with Gasteiger partial charge in [-0.2, -0.15) is 0 Å². The van der Waals surface area contributed by atoms with Gasteiger partial charge in [-0.25, -0.2) is 0 Å². The van der Waals surface area contributed by atoms with Gasteiger partial charge in [-0.1, -0.05) is 23.7 Å². The van der Waals surface area contributed by atoms with E-state index in [1.54, 1.807) is 12.1 Å². The third-order valence-corrected chi connectivity index (χ3v) is 5.56. The van der Waals surface area contributed by atoms with Gasteiger partial charge in [0.25, 0.3) is 5.91 Å². The van der Waals surface area contributed by atoms with E-state index in [-0.39, 0.29) is 18.5 Å². The molecule has 0 bridgehead atoms. The Kier molecular flexibility index (Phi) is 5.60. The molecule has 0 unspecified atom stereocenters. The van der Waals surface area contributed by atoms with Gasteiger partial charge in [0, 0.05) is 11.6 Å². The molecule has 1 fully saturated rings. The van der Waals surface area contributed by atoms with Crippen molar-refractivity contribution in [3.05, 3.63) is 47.0 Å². The summed E-state index contributed by atoms with van der Waals surface area (Å²) in [7, 11) is 0. The topological polar surface area (TPSA) is 72.3 Å². The van der Waals surface area contributed by atoms with Crippen molar-refractivity contribution in [1.82, 2.24) is 0 Å². The molecule has 2 aliphatic rings. The van der Waals surface area contributed by atoms with Crippen molar-refractivity contribution >= 4 is 34.7 Å². The van der Waals surface area contributed by atoms with Gasteiger partial charge in [0.2, 0.25) is 6.79 Å². The summed E-state index contributed by atoms with van der Waals surface area (Å²) in [5.41, 5.74) is 1.91. The van der Waals surface area contributed by atoms with Gasteiger partial charge >= 0.3 is 0 Å². The van der Waals surface area contributed by atoms with E-state index in [0.29, 0.717) is 29.3 Å². The van der Waals surface area contributed by atoms with Crippen molar-refractivity contribution in [3.63, 3.8) is 0 Å². The molecule has 2 aliphatic heterocycles. The molecule has 2 N–H and O–H groups in total. The number of carbonyl (C=O) groups is 2. The van der Waals surface area contributed by atoms with Gasteiger partial charge in [0.1, 0.15) is 0 Å². The molecule has 0 saturated carbocycles. The number of nitrogens with one attached hydrogen (secondary N) is 2. The number of piperazine rings is 1. The molecule has 4 rings (SSSR count). The lowest BCUT2D eigenvalue weighted by molar-refractivity contribution is -0.892. The number of rotatable bonds is 5. The SMILES string of the molecule is CC(=O)c1cc2c(cc1NC(=O)C[NH+]1CCN(c3ccccc3Cl)CC1)OCO2. The van der Waals surface area contributed by atoms with Crippen molar-refractivity contribution in [2.24, 2.45) is 0 Å². The summed E-state index contributed by atoms with van der Waals surface area (Å²) in [6.45, 7) is 5.24. The quantitative estimate of drug-likeness (QED) is 0.725. The summed E-state index contributed by atoms with van der Waals surface area (Å²) in [5, 5.41) is 3.61. The molecule has 2 aromatic carbocycles. The Morgan fingerprint density at radius 3 is 2.52 bits per heavy atom. The third-order valence-electron chi connectivity index (χ3n) is 5.24. The highest BCUT2D eigenvalue weighted by Gasteiger charge is 2.25. The summed E-state index contributed by atoms with van der Waals surface area (Å²) >= 11 is 6.29. The molecule has 1 amide bonds. The Hall–Kier alpha value is -2.77. The number of fused-ring (bicyclic) bond motifs is 1. The Bertz CT molecular complexity index is 942. The van der Waals surface area contributed by atoms with Gasteiger partial charge in [-0.3, -0.25) is 9.59 Å². The fourth-order valence-corrected chi connectivity index (χ4v) is 3.96. The van der Waals surface area contributed by atoms with Crippen LogP contribution in [0.2, 0.25) is 5.02 Å². The van der Waals surface area contributed by atoms with Crippen LogP contribution >= 0.6 is 11.6 Å². The van der Waals surface area contributed by atoms with Crippen LogP contribution in [0.25, 0.3) is 0 Å². The molecule has 2 heterocycles. The number of hydrogen-bond donors (Lipinski definition) is 2. The predicted molar refractivity (Wildman–Crippen MR) is 110 cm³/mol. The van der Waals surface area contributed by atoms with Gasteiger partial charge in [-0.05, 0) is 25.1 Å². The maximum Gasteiger partial charge on any atom is 0.279 e. The zero-order chi connectivity index (χ0) is 20.4. The summed E-state index contributed by atoms with van der Waals surface area (Å²) in [6, 6.07) is 11.1. The zero-order valence-corrected chi connectivity index (χ0v) is 16.9. The molecular weight excluding hydrogens is 394 g/mol. The van der Waals surface area contributed by atoms with Gasteiger partial charge in [-0.15, -0.1) is 0 Å². The summed E-state index contributed by atoms with van der Waals surface area (Å²) in [5.74, 6) is 0.785. The number of ether oxygens (including phenoxy) is 2. The van der Waals surface area contributed by atoms with E-state index in [0.717, 1.165) is 36.9 Å². The second-order valence-electron chi connectivity index (χ2n) is 7.22. The molecule has 1 saturated heterocycles. The number of halogens is 1. The smallest absolute Gasteiger partial charge is 0.279 e. The standard InChI is InChI=1S/C21H22ClN3O4/c1-14(26)15-10-19-20(29-13-28-19)11-17(15)23-21(27)12-24-6-8-25(9-7-24)18-5-3-2-4-16(18)22/h2-5,10-11H,6-9,12-13H2,1H3,(H,23,27)/p+1. The first kappa shape index (κ1) is 19.5. The molecule has 2 aromatic rings. The number of quaternary nitrogens is 1. The first-order valence-corrected chi connectivity index (χ1v) is 9.96. The van der Waals surface area contributed by atoms with E-state index in [9.17, 15) is 9.59 Å². The lowest BCUT2D eigenvalue weighted by Crippen LogP contribution is -3.15. The highest BCUT2D eigenvalue weighted by molar-refractivity contribution is 6.33. The molecule has 29 heavy (non-hydrogen) atoms. The van der Waals surface area contributed by atoms with Crippen molar-refractivity contribution in [1.29, 1.82) is 0 Å². The fraction of sp³-hybridized carbons (Fsp3) is 0.333. The van der Waals surface area contributed by atoms with Crippen LogP contribution in [0.4, 0.5) is 11.4 Å². The van der Waals surface area contributed by atoms with Crippen LogP contribution < -0.4 is 24.6 Å². The van der Waals surface area contributed by atoms with Crippen LogP contribution in [-0.4, -0.2) is 51.2 Å². The number of hydrogen-bond acceptors (Lipinski definition) is 5. The third kappa shape index (κ3) is 4.31. The normalized spacial score (nSPS) is 16.0. The number of anilines is 2. The molecule has 0 atom stereocenters. The number of nitrogens with zero attached hydrogens (tertiary/aromatic N) is 1. The Balaban J connectivity index is 1.36. The molecule has 152 valence electrons. The van der Waals surface area contributed by atoms with Crippen molar-refractivity contribution in [3.8, 4) is 11.5 Å². The van der Waals surface area contributed by atoms with Crippen molar-refractivity contribution < 1.29 is 24.0 Å². The maximum atomic E-state index is 12.6. The first-order chi connectivity index (χ1) is 14.0. The molecule has 8 heteroatoms. The van der Waals surface area contributed by atoms with Crippen LogP contribution in [0.3, 0.4) is 0 Å². The van der Waals surface area contributed by atoms with Gasteiger partial charge in [0.05, 0.1) is 42.6 Å². The maximum absolute atomic E-state index is 12.6. The molecule has 0 aliphatic carbocycles. The highest BCUT2D eigenvalue weighted by atomic mass is 35.5. The average Bonchev–Trinajstić information content (AvgIpc) is 3.16. The fourth-order valence-electron chi connectivity index (χ4n) is 3.71. The minimum Gasteiger partial charge on any atom is -0.454 e. The van der Waals surface area contributed by atoms with E-state index >= 15 is 0 Å². The van der Waals surface area contributed by atoms with Crippen LogP contribution in [-0.2, 0) is 4.79 Å². The Morgan fingerprint density at radius 2 is 1.83 bits per heavy atom. The number of Topliss-reactive ketones (excluding diaryl/α,β-unsaturated/α-hetero) is 1. The monoisotopic (exact) mass is 416 g/mol. The Labute approximate surface area is 174 Å². The summed E-state index contributed by atoms with van der Waals surface area (Å²) < 4.78 is 10.7. The average molecular weight is 417 g/mol. The van der Waals surface area contributed by atoms with E-state index in [1.165, 1.54) is 11.8 Å². The lowest BCUT2D eigenvalue weighted by atomic mass is 10.1. The molecule has 0 spiro atoms. The molecular formula is C21H23ClN3O4+. The van der Waals surface area contributed by atoms with E-state index in [2.05, 4.69) is 10.2 Å². The zero-order valence-electron chi connectivity index (χ0n) is 16.2. The van der Waals surface area contributed by atoms with E-state index in [1.807, 2.05) is 24.3 Å². The van der Waals surface area contributed by atoms with Crippen LogP contribution in [0.5, 0.6) is 11.5 Å². The van der Waals surface area contributed by atoms with Gasteiger partial charge < -0.3 is 24.6 Å². The highest BCUT2D eigenvalue weighted by Crippen LogP contribution is 2.37. The molecule has 0 aromatic heterocycles. The number of amides is 1. The van der Waals surface area contributed by atoms with Crippen LogP contribution in [0.15, 0.2) is 36.4 Å². The van der Waals surface area contributed by atoms with E-state index in [4.69, 9.17) is 21.1 Å². The minimum atomic E-state index is -0.140. The number of carbonyl (C=O) groups excluding carboxylic acids is 2. The lowest BCUT2D eigenvalue weighted by Gasteiger charge is -2.33. The minimum absolute atomic E-state index is 0.115. The van der Waals surface area contributed by atoms with Crippen molar-refractivity contribution in [2.75, 3.05) is 49.7 Å². The van der Waals surface area contributed by atoms with Crippen LogP contribution in [0, 0.1) is 0 Å². The number of ketones is 1. The van der Waals surface area contributed by atoms with Gasteiger partial charge in [0.15, 0.2) is 23.8 Å². The van der Waals surface area contributed by atoms with Crippen molar-refractivity contribution in [2.45, 2.75) is 6.92 Å². The predicted octanol–water partition coefficient (Wildman–Crippen LogP) is 1.61. The summed E-state index contributed by atoms with van der Waals surface area (Å²) in [6.07, 6.45) is 0. The largest absolute Gasteiger partial charge is 0.454 e. The second kappa shape index (κ2) is 8.31. The number of benzene rings is 2. The molecule has 0 radical (unpaired) electrons. The van der Waals surface area contributed by atoms with Crippen LogP contribution in [0.1, 0.15) is 17.3 Å². The Morgan fingerprint density at radius 1 is 1.14 bits per heavy atom. The van der Waals surface area contributed by atoms with E-state index < -0.39 is 0 Å². The second-order valence-corrected chi connectivity index (χ2v) is 7.63. The first-order valence-electron chi connectivity index (χ1n) is 9.59. The number of para-hydroxylation sites is 1. The summed E-state index contributed by atoms with van der Waals surface area (Å²) in [4.78, 5) is 28.0. The molecule has 7 nitrogen and oxygen atoms in total.